The van der Waals surface area contributed by atoms with Crippen LogP contribution in [0, 0.1) is 11.3 Å². The number of carboxylic acid groups (broad SMARTS) is 1. The topological polar surface area (TPSA) is 57.5 Å². The molecule has 15 heavy (non-hydrogen) atoms. The van der Waals surface area contributed by atoms with Gasteiger partial charge in [-0.1, -0.05) is 20.8 Å². The van der Waals surface area contributed by atoms with Crippen LogP contribution in [0.4, 0.5) is 0 Å². The van der Waals surface area contributed by atoms with E-state index in [0.29, 0.717) is 18.8 Å². The fourth-order valence-corrected chi connectivity index (χ4v) is 2.48. The van der Waals surface area contributed by atoms with Crippen LogP contribution < -0.4 is 0 Å². The molecule has 0 aromatic heterocycles. The lowest BCUT2D eigenvalue weighted by molar-refractivity contribution is -0.144. The van der Waals surface area contributed by atoms with Crippen molar-refractivity contribution in [2.75, 3.05) is 0 Å². The molecule has 3 nitrogen and oxygen atoms in total. The van der Waals surface area contributed by atoms with Gasteiger partial charge in [0.25, 0.3) is 0 Å². The van der Waals surface area contributed by atoms with Crippen molar-refractivity contribution in [2.45, 2.75) is 58.5 Å². The predicted molar refractivity (Wildman–Crippen MR) is 58.6 cm³/mol. The summed E-state index contributed by atoms with van der Waals surface area (Å²) in [6.45, 7) is 6.62. The van der Waals surface area contributed by atoms with E-state index >= 15 is 0 Å². The highest BCUT2D eigenvalue weighted by molar-refractivity contribution is 5.68. The Morgan fingerprint density at radius 1 is 1.33 bits per heavy atom. The van der Waals surface area contributed by atoms with Crippen LogP contribution in [0.1, 0.15) is 52.9 Å². The van der Waals surface area contributed by atoms with E-state index in [9.17, 15) is 9.90 Å². The normalized spacial score (nSPS) is 32.7. The molecule has 0 aromatic carbocycles. The minimum Gasteiger partial charge on any atom is -0.481 e. The van der Waals surface area contributed by atoms with E-state index in [1.54, 1.807) is 0 Å². The third kappa shape index (κ3) is 3.49. The van der Waals surface area contributed by atoms with Gasteiger partial charge in [0, 0.05) is 0 Å². The van der Waals surface area contributed by atoms with Gasteiger partial charge in [0.2, 0.25) is 0 Å². The van der Waals surface area contributed by atoms with E-state index in [1.807, 2.05) is 0 Å². The standard InChI is InChI=1S/C12H22O3/c1-11(2,3)9-4-6-12(15,7-5-9)8-10(13)14/h9,15H,4-8H2,1-3H3,(H,13,14). The number of carboxylic acids is 1. The minimum absolute atomic E-state index is 0.107. The van der Waals surface area contributed by atoms with Crippen LogP contribution >= 0.6 is 0 Å². The fourth-order valence-electron chi connectivity index (χ4n) is 2.48. The van der Waals surface area contributed by atoms with Crippen molar-refractivity contribution < 1.29 is 15.0 Å². The Morgan fingerprint density at radius 2 is 1.80 bits per heavy atom. The zero-order valence-corrected chi connectivity index (χ0v) is 9.92. The third-order valence-electron chi connectivity index (χ3n) is 3.62. The molecule has 2 N–H and O–H groups in total. The van der Waals surface area contributed by atoms with E-state index in [1.165, 1.54) is 0 Å². The van der Waals surface area contributed by atoms with Crippen molar-refractivity contribution in [3.8, 4) is 0 Å². The molecule has 0 amide bonds. The molecule has 0 bridgehead atoms. The molecule has 0 spiro atoms. The molecule has 1 rings (SSSR count). The summed E-state index contributed by atoms with van der Waals surface area (Å²) in [5.74, 6) is -0.293. The average molecular weight is 214 g/mol. The van der Waals surface area contributed by atoms with E-state index < -0.39 is 11.6 Å². The molecule has 0 radical (unpaired) electrons. The Bertz CT molecular complexity index is 232. The summed E-state index contributed by atoms with van der Waals surface area (Å²) in [7, 11) is 0. The van der Waals surface area contributed by atoms with Crippen molar-refractivity contribution in [3.05, 3.63) is 0 Å². The maximum Gasteiger partial charge on any atom is 0.306 e. The fraction of sp³-hybridized carbons (Fsp3) is 0.917. The molecule has 0 aliphatic heterocycles. The van der Waals surface area contributed by atoms with E-state index in [0.717, 1.165) is 12.8 Å². The molecule has 1 saturated carbocycles. The van der Waals surface area contributed by atoms with Gasteiger partial charge >= 0.3 is 5.97 Å². The van der Waals surface area contributed by atoms with Gasteiger partial charge in [-0.05, 0) is 37.0 Å². The number of rotatable bonds is 2. The zero-order chi connectivity index (χ0) is 11.7. The van der Waals surface area contributed by atoms with Crippen LogP contribution in [-0.2, 0) is 4.79 Å². The lowest BCUT2D eigenvalue weighted by atomic mass is 9.68. The largest absolute Gasteiger partial charge is 0.481 e. The third-order valence-corrected chi connectivity index (χ3v) is 3.62. The number of hydrogen-bond acceptors (Lipinski definition) is 2. The summed E-state index contributed by atoms with van der Waals surface area (Å²) < 4.78 is 0. The summed E-state index contributed by atoms with van der Waals surface area (Å²) in [5, 5.41) is 18.7. The summed E-state index contributed by atoms with van der Waals surface area (Å²) in [5.41, 5.74) is -0.682. The summed E-state index contributed by atoms with van der Waals surface area (Å²) in [6, 6.07) is 0. The molecular weight excluding hydrogens is 192 g/mol. The molecule has 3 heteroatoms. The lowest BCUT2D eigenvalue weighted by Gasteiger charge is -2.40. The van der Waals surface area contributed by atoms with Crippen molar-refractivity contribution >= 4 is 5.97 Å². The molecule has 0 atom stereocenters. The molecule has 0 unspecified atom stereocenters. The Kier molecular flexibility index (Phi) is 3.44. The Balaban J connectivity index is 2.51. The first-order chi connectivity index (χ1) is 6.73. The summed E-state index contributed by atoms with van der Waals surface area (Å²) >= 11 is 0. The van der Waals surface area contributed by atoms with Gasteiger partial charge in [-0.2, -0.15) is 0 Å². The van der Waals surface area contributed by atoms with Crippen molar-refractivity contribution in [2.24, 2.45) is 11.3 Å². The first kappa shape index (κ1) is 12.5. The highest BCUT2D eigenvalue weighted by Gasteiger charge is 2.38. The van der Waals surface area contributed by atoms with Gasteiger partial charge in [0.1, 0.15) is 0 Å². The smallest absolute Gasteiger partial charge is 0.306 e. The maximum absolute atomic E-state index is 10.6. The second kappa shape index (κ2) is 4.12. The van der Waals surface area contributed by atoms with Crippen LogP contribution in [-0.4, -0.2) is 21.8 Å². The second-order valence-electron chi connectivity index (χ2n) is 5.94. The molecular formula is C12H22O3. The van der Waals surface area contributed by atoms with Crippen molar-refractivity contribution in [1.29, 1.82) is 0 Å². The van der Waals surface area contributed by atoms with Crippen LogP contribution in [0.5, 0.6) is 0 Å². The molecule has 1 aliphatic carbocycles. The van der Waals surface area contributed by atoms with E-state index in [-0.39, 0.29) is 11.8 Å². The van der Waals surface area contributed by atoms with Crippen molar-refractivity contribution in [1.82, 2.24) is 0 Å². The molecule has 0 saturated heterocycles. The number of aliphatic hydroxyl groups is 1. The predicted octanol–water partition coefficient (Wildman–Crippen LogP) is 2.43. The van der Waals surface area contributed by atoms with Crippen LogP contribution in [0.2, 0.25) is 0 Å². The van der Waals surface area contributed by atoms with Gasteiger partial charge in [0.15, 0.2) is 0 Å². The zero-order valence-electron chi connectivity index (χ0n) is 9.92. The van der Waals surface area contributed by atoms with Gasteiger partial charge in [0.05, 0.1) is 12.0 Å². The minimum atomic E-state index is -0.951. The van der Waals surface area contributed by atoms with E-state index in [4.69, 9.17) is 5.11 Å². The van der Waals surface area contributed by atoms with Crippen LogP contribution in [0.25, 0.3) is 0 Å². The van der Waals surface area contributed by atoms with Gasteiger partial charge in [-0.3, -0.25) is 4.79 Å². The average Bonchev–Trinajstić information content (AvgIpc) is 2.00. The second-order valence-corrected chi connectivity index (χ2v) is 5.94. The Hall–Kier alpha value is -0.570. The van der Waals surface area contributed by atoms with Crippen molar-refractivity contribution in [3.63, 3.8) is 0 Å². The Labute approximate surface area is 91.5 Å². The van der Waals surface area contributed by atoms with Gasteiger partial charge in [-0.25, -0.2) is 0 Å². The summed E-state index contributed by atoms with van der Waals surface area (Å²) in [6.07, 6.45) is 3.02. The maximum atomic E-state index is 10.6. The summed E-state index contributed by atoms with van der Waals surface area (Å²) in [4.78, 5) is 10.6. The molecule has 0 aromatic rings. The lowest BCUT2D eigenvalue weighted by Crippen LogP contribution is -2.39. The SMILES string of the molecule is CC(C)(C)C1CCC(O)(CC(=O)O)CC1. The molecule has 1 aliphatic rings. The molecule has 88 valence electrons. The number of hydrogen-bond donors (Lipinski definition) is 2. The molecule has 0 heterocycles. The highest BCUT2D eigenvalue weighted by Crippen LogP contribution is 2.42. The quantitative estimate of drug-likeness (QED) is 0.742. The first-order valence-electron chi connectivity index (χ1n) is 5.67. The molecule has 1 fully saturated rings. The number of aliphatic carboxylic acids is 1. The van der Waals surface area contributed by atoms with Crippen LogP contribution in [0.3, 0.4) is 0 Å². The highest BCUT2D eigenvalue weighted by atomic mass is 16.4. The van der Waals surface area contributed by atoms with E-state index in [2.05, 4.69) is 20.8 Å². The van der Waals surface area contributed by atoms with Gasteiger partial charge in [-0.15, -0.1) is 0 Å². The van der Waals surface area contributed by atoms with Crippen LogP contribution in [0.15, 0.2) is 0 Å². The van der Waals surface area contributed by atoms with Gasteiger partial charge < -0.3 is 10.2 Å². The monoisotopic (exact) mass is 214 g/mol. The Morgan fingerprint density at radius 3 is 2.13 bits per heavy atom. The first-order valence-corrected chi connectivity index (χ1v) is 5.67. The number of carbonyl (C=O) groups is 1.